The van der Waals surface area contributed by atoms with Crippen LogP contribution in [0.25, 0.3) is 0 Å². The van der Waals surface area contributed by atoms with Crippen LogP contribution in [-0.4, -0.2) is 38.1 Å². The number of rotatable bonds is 9. The van der Waals surface area contributed by atoms with E-state index in [2.05, 4.69) is 167 Å². The lowest BCUT2D eigenvalue weighted by Crippen LogP contribution is -2.35. The Balaban J connectivity index is 0.000000305. The number of aromatic nitrogens is 4. The van der Waals surface area contributed by atoms with Crippen LogP contribution in [0.5, 0.6) is 0 Å². The van der Waals surface area contributed by atoms with Crippen LogP contribution >= 0.6 is 0 Å². The minimum atomic E-state index is -0.0623. The van der Waals surface area contributed by atoms with E-state index in [-0.39, 0.29) is 12.6 Å². The molecule has 3 N–H and O–H groups in total. The Morgan fingerprint density at radius 2 is 1.03 bits per heavy atom. The first kappa shape index (κ1) is 54.5. The Hall–Kier alpha value is -5.80. The van der Waals surface area contributed by atoms with Gasteiger partial charge in [-0.25, -0.2) is 9.97 Å². The van der Waals surface area contributed by atoms with Crippen LogP contribution < -0.4 is 20.4 Å². The summed E-state index contributed by atoms with van der Waals surface area (Å²) in [6.07, 6.45) is 3.64. The molecule has 9 nitrogen and oxygen atoms in total. The van der Waals surface area contributed by atoms with Crippen LogP contribution in [0.2, 0.25) is 0 Å². The molecule has 8 rings (SSSR count). The Labute approximate surface area is 399 Å². The van der Waals surface area contributed by atoms with Crippen LogP contribution in [0.3, 0.4) is 0 Å². The zero-order valence-corrected chi connectivity index (χ0v) is 43.4. The summed E-state index contributed by atoms with van der Waals surface area (Å²) in [4.78, 5) is 24.0. The predicted octanol–water partition coefficient (Wildman–Crippen LogP) is 14.6. The van der Waals surface area contributed by atoms with E-state index in [0.29, 0.717) is 17.9 Å². The summed E-state index contributed by atoms with van der Waals surface area (Å²) < 4.78 is 0. The van der Waals surface area contributed by atoms with E-state index in [0.717, 1.165) is 84.3 Å². The van der Waals surface area contributed by atoms with Gasteiger partial charge in [0.1, 0.15) is 11.6 Å². The number of hydrogen-bond acceptors (Lipinski definition) is 9. The molecular weight excluding hydrogens is 813 g/mol. The lowest BCUT2D eigenvalue weighted by Gasteiger charge is -2.37. The number of nitrogens with one attached hydrogen (secondary N) is 2. The van der Waals surface area contributed by atoms with Gasteiger partial charge in [-0.2, -0.15) is 9.97 Å². The van der Waals surface area contributed by atoms with Crippen LogP contribution in [0.1, 0.15) is 157 Å². The number of fused-ring (bicyclic) bond motifs is 2. The molecule has 4 heterocycles. The molecule has 0 radical (unpaired) electrons. The first-order chi connectivity index (χ1) is 32.1. The summed E-state index contributed by atoms with van der Waals surface area (Å²) in [7, 11) is 0. The van der Waals surface area contributed by atoms with Gasteiger partial charge in [0.2, 0.25) is 11.9 Å². The Bertz CT molecular complexity index is 2390. The fourth-order valence-electron chi connectivity index (χ4n) is 8.43. The molecule has 0 amide bonds. The third kappa shape index (κ3) is 13.6. The summed E-state index contributed by atoms with van der Waals surface area (Å²) in [6.45, 7) is 34.9. The molecule has 2 unspecified atom stereocenters. The maximum absolute atomic E-state index is 10.2. The third-order valence-electron chi connectivity index (χ3n) is 11.7. The highest BCUT2D eigenvalue weighted by Crippen LogP contribution is 2.37. The van der Waals surface area contributed by atoms with Gasteiger partial charge in [-0.15, -0.1) is 0 Å². The zero-order chi connectivity index (χ0) is 48.9. The van der Waals surface area contributed by atoms with E-state index in [1.165, 1.54) is 38.9 Å². The predicted molar refractivity (Wildman–Crippen MR) is 284 cm³/mol. The van der Waals surface area contributed by atoms with Gasteiger partial charge >= 0.3 is 0 Å². The molecule has 2 atom stereocenters. The second kappa shape index (κ2) is 27.6. The van der Waals surface area contributed by atoms with E-state index < -0.39 is 0 Å². The molecule has 0 bridgehead atoms. The van der Waals surface area contributed by atoms with Gasteiger partial charge in [-0.05, 0) is 113 Å². The van der Waals surface area contributed by atoms with Gasteiger partial charge in [0.05, 0.1) is 24.4 Å². The van der Waals surface area contributed by atoms with Gasteiger partial charge in [-0.3, -0.25) is 0 Å². The summed E-state index contributed by atoms with van der Waals surface area (Å²) in [5.41, 5.74) is 15.2. The van der Waals surface area contributed by atoms with Crippen LogP contribution in [0.4, 0.5) is 34.9 Å². The third-order valence-corrected chi connectivity index (χ3v) is 11.7. The van der Waals surface area contributed by atoms with Gasteiger partial charge in [-0.1, -0.05) is 153 Å². The largest absolute Gasteiger partial charge is 0.391 e. The Kier molecular flexibility index (Phi) is 22.8. The standard InChI is InChI=1S/C25H30N4O.C24H28N4.4C2H6/c1-5-22-21(15-30)24(29-13-12-19-8-6-7-9-20(19)18(29)4)28-25(26-22)27-23-11-10-16(2)14-17(23)3;1-5-20-15-23(28-13-12-19-8-6-7-9-21(19)18(28)4)27-24(25-20)26-22-11-10-16(2)14-17(22)3;4*1-2/h6-11,14,18,30H,5,12-13,15H2,1-4H3,(H,26,27,28);6-11,14-15,18H,5,12-13H2,1-4H3,(H,25,26,27);4*1-2H3. The lowest BCUT2D eigenvalue weighted by atomic mass is 9.93. The average molecular weight is 895 g/mol. The molecule has 0 aliphatic carbocycles. The average Bonchev–Trinajstić information content (AvgIpc) is 3.36. The van der Waals surface area contributed by atoms with Crippen LogP contribution in [0.15, 0.2) is 91.0 Å². The minimum absolute atomic E-state index is 0.0623. The number of anilines is 6. The first-order valence-corrected chi connectivity index (χ1v) is 24.8. The molecule has 0 spiro atoms. The van der Waals surface area contributed by atoms with E-state index in [1.54, 1.807) is 0 Å². The van der Waals surface area contributed by atoms with Crippen molar-refractivity contribution in [2.24, 2.45) is 0 Å². The fraction of sp³-hybridized carbons (Fsp3) is 0.439. The minimum Gasteiger partial charge on any atom is -0.391 e. The number of aliphatic hydroxyl groups is 1. The summed E-state index contributed by atoms with van der Waals surface area (Å²) in [5, 5.41) is 17.0. The first-order valence-electron chi connectivity index (χ1n) is 24.8. The molecule has 6 aromatic rings. The van der Waals surface area contributed by atoms with Crippen molar-refractivity contribution >= 4 is 34.9 Å². The van der Waals surface area contributed by atoms with Crippen LogP contribution in [-0.2, 0) is 32.3 Å². The number of benzene rings is 4. The van der Waals surface area contributed by atoms with Gasteiger partial charge < -0.3 is 25.5 Å². The summed E-state index contributed by atoms with van der Waals surface area (Å²) >= 11 is 0. The van der Waals surface area contributed by atoms with Crippen molar-refractivity contribution in [3.8, 4) is 0 Å². The molecule has 4 aromatic carbocycles. The topological polar surface area (TPSA) is 102 Å². The normalized spacial score (nSPS) is 14.3. The van der Waals surface area contributed by atoms with Crippen molar-refractivity contribution in [3.05, 3.63) is 152 Å². The number of aryl methyl sites for hydroxylation is 6. The Morgan fingerprint density at radius 3 is 1.50 bits per heavy atom. The summed E-state index contributed by atoms with van der Waals surface area (Å²) in [6, 6.07) is 32.7. The highest BCUT2D eigenvalue weighted by molar-refractivity contribution is 5.63. The van der Waals surface area contributed by atoms with E-state index in [4.69, 9.17) is 19.9 Å². The van der Waals surface area contributed by atoms with Crippen molar-refractivity contribution in [2.45, 2.75) is 155 Å². The number of aliphatic hydroxyl groups excluding tert-OH is 1. The molecule has 66 heavy (non-hydrogen) atoms. The van der Waals surface area contributed by atoms with Gasteiger partial charge in [0, 0.05) is 41.8 Å². The molecule has 2 aromatic heterocycles. The Morgan fingerprint density at radius 1 is 0.561 bits per heavy atom. The zero-order valence-electron chi connectivity index (χ0n) is 43.4. The van der Waals surface area contributed by atoms with E-state index in [9.17, 15) is 5.11 Å². The van der Waals surface area contributed by atoms with Gasteiger partial charge in [0.25, 0.3) is 0 Å². The fourth-order valence-corrected chi connectivity index (χ4v) is 8.43. The maximum atomic E-state index is 10.2. The smallest absolute Gasteiger partial charge is 0.229 e. The van der Waals surface area contributed by atoms with Crippen molar-refractivity contribution in [3.63, 3.8) is 0 Å². The second-order valence-corrected chi connectivity index (χ2v) is 15.7. The number of nitrogens with zero attached hydrogens (tertiary/aromatic N) is 6. The lowest BCUT2D eigenvalue weighted by molar-refractivity contribution is 0.279. The monoisotopic (exact) mass is 895 g/mol. The van der Waals surface area contributed by atoms with Crippen molar-refractivity contribution in [2.75, 3.05) is 33.5 Å². The van der Waals surface area contributed by atoms with Crippen molar-refractivity contribution < 1.29 is 5.11 Å². The SMILES string of the molecule is CC.CC.CC.CC.CCc1cc(N2CCc3ccccc3C2C)nc(Nc2ccc(C)cc2C)n1.CCc1nc(Nc2ccc(C)cc2C)nc(N2CCc3ccccc3C2C)c1CO. The highest BCUT2D eigenvalue weighted by Gasteiger charge is 2.29. The van der Waals surface area contributed by atoms with E-state index >= 15 is 0 Å². The molecule has 356 valence electrons. The molecule has 0 saturated heterocycles. The quantitative estimate of drug-likeness (QED) is 0.131. The van der Waals surface area contributed by atoms with Crippen molar-refractivity contribution in [1.82, 2.24) is 19.9 Å². The molecule has 0 fully saturated rings. The number of hydrogen-bond donors (Lipinski definition) is 3. The van der Waals surface area contributed by atoms with Crippen LogP contribution in [0, 0.1) is 27.7 Å². The molecule has 9 heteroatoms. The highest BCUT2D eigenvalue weighted by atomic mass is 16.3. The summed E-state index contributed by atoms with van der Waals surface area (Å²) in [5.74, 6) is 3.09. The molecule has 0 saturated carbocycles. The second-order valence-electron chi connectivity index (χ2n) is 15.7. The van der Waals surface area contributed by atoms with E-state index in [1.807, 2.05) is 55.4 Å². The van der Waals surface area contributed by atoms with Gasteiger partial charge in [0.15, 0.2) is 0 Å². The molecular formula is C57H82N8O. The maximum Gasteiger partial charge on any atom is 0.229 e. The van der Waals surface area contributed by atoms with Crippen molar-refractivity contribution in [1.29, 1.82) is 0 Å². The molecule has 2 aliphatic heterocycles. The molecule has 2 aliphatic rings.